The highest BCUT2D eigenvalue weighted by Gasteiger charge is 2.26. The normalized spacial score (nSPS) is 35.8. The van der Waals surface area contributed by atoms with E-state index in [9.17, 15) is 5.11 Å². The van der Waals surface area contributed by atoms with Crippen molar-refractivity contribution in [2.45, 2.75) is 63.9 Å². The van der Waals surface area contributed by atoms with Crippen LogP contribution in [0.3, 0.4) is 0 Å². The van der Waals surface area contributed by atoms with Crippen molar-refractivity contribution >= 4 is 0 Å². The summed E-state index contributed by atoms with van der Waals surface area (Å²) in [5.74, 6) is 1.66. The minimum atomic E-state index is 0.0430. The number of hydrogen-bond acceptors (Lipinski definition) is 1. The Hall–Kier alpha value is -0.0400. The molecule has 0 heterocycles. The zero-order valence-corrected chi connectivity index (χ0v) is 8.54. The molecule has 0 aliphatic heterocycles. The van der Waals surface area contributed by atoms with Gasteiger partial charge >= 0.3 is 0 Å². The first-order valence-electron chi connectivity index (χ1n) is 6.04. The van der Waals surface area contributed by atoms with Crippen LogP contribution in [0.25, 0.3) is 0 Å². The Labute approximate surface area is 81.5 Å². The lowest BCUT2D eigenvalue weighted by atomic mass is 9.93. The Bertz CT molecular complexity index is 149. The maximum absolute atomic E-state index is 9.66. The van der Waals surface area contributed by atoms with E-state index in [0.717, 1.165) is 12.3 Å². The van der Waals surface area contributed by atoms with Gasteiger partial charge in [-0.05, 0) is 31.1 Å². The molecule has 0 amide bonds. The van der Waals surface area contributed by atoms with Gasteiger partial charge in [0.05, 0.1) is 6.10 Å². The van der Waals surface area contributed by atoms with E-state index in [4.69, 9.17) is 0 Å². The first-order chi connectivity index (χ1) is 6.36. The average Bonchev–Trinajstić information content (AvgIpc) is 2.72. The standard InChI is InChI=1S/C12H22O/c13-12-7-3-6-11(12)9-8-10-4-1-2-5-10/h10-13H,1-9H2/t11-,12+/m0/s1. The molecule has 0 bridgehead atoms. The molecule has 76 valence electrons. The van der Waals surface area contributed by atoms with Crippen molar-refractivity contribution < 1.29 is 5.11 Å². The van der Waals surface area contributed by atoms with E-state index in [1.165, 1.54) is 51.4 Å². The van der Waals surface area contributed by atoms with Crippen LogP contribution < -0.4 is 0 Å². The van der Waals surface area contributed by atoms with Gasteiger partial charge in [0, 0.05) is 0 Å². The van der Waals surface area contributed by atoms with Gasteiger partial charge in [-0.25, -0.2) is 0 Å². The second-order valence-electron chi connectivity index (χ2n) is 4.99. The monoisotopic (exact) mass is 182 g/mol. The fourth-order valence-electron chi connectivity index (χ4n) is 3.10. The first-order valence-corrected chi connectivity index (χ1v) is 6.04. The van der Waals surface area contributed by atoms with E-state index >= 15 is 0 Å². The molecule has 2 atom stereocenters. The third-order valence-corrected chi connectivity index (χ3v) is 4.04. The number of aliphatic hydroxyl groups excluding tert-OH is 1. The Kier molecular flexibility index (Phi) is 3.26. The van der Waals surface area contributed by atoms with E-state index in [2.05, 4.69) is 0 Å². The van der Waals surface area contributed by atoms with Crippen LogP contribution in [0.2, 0.25) is 0 Å². The van der Waals surface area contributed by atoms with Crippen molar-refractivity contribution in [3.63, 3.8) is 0 Å². The van der Waals surface area contributed by atoms with Crippen LogP contribution in [0, 0.1) is 11.8 Å². The van der Waals surface area contributed by atoms with Crippen LogP contribution in [0.15, 0.2) is 0 Å². The summed E-state index contributed by atoms with van der Waals surface area (Å²) in [5.41, 5.74) is 0. The summed E-state index contributed by atoms with van der Waals surface area (Å²) < 4.78 is 0. The SMILES string of the molecule is O[C@@H]1CCC[C@H]1CCC1CCCC1. The fourth-order valence-corrected chi connectivity index (χ4v) is 3.10. The highest BCUT2D eigenvalue weighted by atomic mass is 16.3. The fraction of sp³-hybridized carbons (Fsp3) is 1.00. The molecule has 0 aromatic rings. The number of hydrogen-bond donors (Lipinski definition) is 1. The molecule has 1 nitrogen and oxygen atoms in total. The smallest absolute Gasteiger partial charge is 0.0568 e. The van der Waals surface area contributed by atoms with Gasteiger partial charge in [-0.2, -0.15) is 0 Å². The molecule has 2 saturated carbocycles. The first kappa shape index (κ1) is 9.51. The average molecular weight is 182 g/mol. The second-order valence-corrected chi connectivity index (χ2v) is 4.99. The largest absolute Gasteiger partial charge is 0.393 e. The summed E-state index contributed by atoms with van der Waals surface area (Å²) in [4.78, 5) is 0. The van der Waals surface area contributed by atoms with Crippen LogP contribution in [0.1, 0.15) is 57.8 Å². The summed E-state index contributed by atoms with van der Waals surface area (Å²) in [5, 5.41) is 9.66. The summed E-state index contributed by atoms with van der Waals surface area (Å²) in [6.45, 7) is 0. The highest BCUT2D eigenvalue weighted by Crippen LogP contribution is 2.34. The van der Waals surface area contributed by atoms with Gasteiger partial charge in [0.1, 0.15) is 0 Å². The maximum atomic E-state index is 9.66. The zero-order chi connectivity index (χ0) is 9.10. The predicted molar refractivity (Wildman–Crippen MR) is 54.5 cm³/mol. The summed E-state index contributed by atoms with van der Waals surface area (Å²) >= 11 is 0. The van der Waals surface area contributed by atoms with Crippen LogP contribution in [-0.4, -0.2) is 11.2 Å². The van der Waals surface area contributed by atoms with E-state index in [1.807, 2.05) is 0 Å². The third-order valence-electron chi connectivity index (χ3n) is 4.04. The lowest BCUT2D eigenvalue weighted by molar-refractivity contribution is 0.124. The van der Waals surface area contributed by atoms with Gasteiger partial charge in [0.2, 0.25) is 0 Å². The van der Waals surface area contributed by atoms with Crippen molar-refractivity contribution in [3.05, 3.63) is 0 Å². The van der Waals surface area contributed by atoms with Crippen molar-refractivity contribution in [2.24, 2.45) is 11.8 Å². The molecule has 2 aliphatic rings. The van der Waals surface area contributed by atoms with Crippen molar-refractivity contribution in [1.29, 1.82) is 0 Å². The van der Waals surface area contributed by atoms with E-state index in [1.54, 1.807) is 0 Å². The zero-order valence-electron chi connectivity index (χ0n) is 8.54. The molecule has 0 aromatic heterocycles. The Morgan fingerprint density at radius 3 is 2.23 bits per heavy atom. The lowest BCUT2D eigenvalue weighted by Gasteiger charge is -2.16. The molecule has 2 fully saturated rings. The Morgan fingerprint density at radius 2 is 1.62 bits per heavy atom. The molecule has 0 aromatic carbocycles. The van der Waals surface area contributed by atoms with Gasteiger partial charge in [0.25, 0.3) is 0 Å². The third kappa shape index (κ3) is 2.46. The minimum absolute atomic E-state index is 0.0430. The van der Waals surface area contributed by atoms with Crippen molar-refractivity contribution in [3.8, 4) is 0 Å². The van der Waals surface area contributed by atoms with Crippen LogP contribution in [-0.2, 0) is 0 Å². The summed E-state index contributed by atoms with van der Waals surface area (Å²) in [6, 6.07) is 0. The highest BCUT2D eigenvalue weighted by molar-refractivity contribution is 4.78. The molecule has 2 aliphatic carbocycles. The van der Waals surface area contributed by atoms with Crippen LogP contribution in [0.5, 0.6) is 0 Å². The number of aliphatic hydroxyl groups is 1. The van der Waals surface area contributed by atoms with E-state index in [-0.39, 0.29) is 6.10 Å². The van der Waals surface area contributed by atoms with Crippen LogP contribution >= 0.6 is 0 Å². The van der Waals surface area contributed by atoms with Gasteiger partial charge in [-0.3, -0.25) is 0 Å². The quantitative estimate of drug-likeness (QED) is 0.711. The summed E-state index contributed by atoms with van der Waals surface area (Å²) in [7, 11) is 0. The molecule has 1 heteroatoms. The molecule has 0 spiro atoms. The van der Waals surface area contributed by atoms with Gasteiger partial charge in [-0.1, -0.05) is 38.5 Å². The van der Waals surface area contributed by atoms with Crippen molar-refractivity contribution in [1.82, 2.24) is 0 Å². The predicted octanol–water partition coefficient (Wildman–Crippen LogP) is 3.12. The maximum Gasteiger partial charge on any atom is 0.0568 e. The molecule has 0 saturated heterocycles. The molecule has 2 rings (SSSR count). The van der Waals surface area contributed by atoms with E-state index < -0.39 is 0 Å². The van der Waals surface area contributed by atoms with Gasteiger partial charge < -0.3 is 5.11 Å². The minimum Gasteiger partial charge on any atom is -0.393 e. The van der Waals surface area contributed by atoms with Crippen molar-refractivity contribution in [2.75, 3.05) is 0 Å². The molecular weight excluding hydrogens is 160 g/mol. The summed E-state index contributed by atoms with van der Waals surface area (Å²) in [6.07, 6.45) is 12.2. The molecule has 0 radical (unpaired) electrons. The molecular formula is C12H22O. The molecule has 13 heavy (non-hydrogen) atoms. The molecule has 0 unspecified atom stereocenters. The Morgan fingerprint density at radius 1 is 0.846 bits per heavy atom. The van der Waals surface area contributed by atoms with E-state index in [0.29, 0.717) is 5.92 Å². The van der Waals surface area contributed by atoms with Gasteiger partial charge in [-0.15, -0.1) is 0 Å². The second kappa shape index (κ2) is 4.45. The van der Waals surface area contributed by atoms with Gasteiger partial charge in [0.15, 0.2) is 0 Å². The number of rotatable bonds is 3. The lowest BCUT2D eigenvalue weighted by Crippen LogP contribution is -2.13. The topological polar surface area (TPSA) is 20.2 Å². The Balaban J connectivity index is 1.66. The molecule has 1 N–H and O–H groups in total. The van der Waals surface area contributed by atoms with Crippen LogP contribution in [0.4, 0.5) is 0 Å².